The van der Waals surface area contributed by atoms with E-state index in [1.54, 1.807) is 0 Å². The second-order valence-electron chi connectivity index (χ2n) is 1.85. The van der Waals surface area contributed by atoms with Gasteiger partial charge in [0, 0.05) is 0 Å². The first-order valence-electron chi connectivity index (χ1n) is 2.50. The molecule has 1 aliphatic heterocycles. The van der Waals surface area contributed by atoms with Crippen molar-refractivity contribution in [2.75, 3.05) is 0 Å². The van der Waals surface area contributed by atoms with E-state index in [0.29, 0.717) is 0 Å². The van der Waals surface area contributed by atoms with Crippen molar-refractivity contribution in [2.24, 2.45) is 0 Å². The van der Waals surface area contributed by atoms with E-state index in [2.05, 4.69) is 13.2 Å². The Morgan fingerprint density at radius 2 is 1.40 bits per heavy atom. The predicted molar refractivity (Wildman–Crippen MR) is 33.5 cm³/mol. The van der Waals surface area contributed by atoms with Crippen LogP contribution in [0, 0.1) is 5.21 Å². The summed E-state index contributed by atoms with van der Waals surface area (Å²) in [6, 6.07) is 0. The number of hydroxylamine groups is 2. The van der Waals surface area contributed by atoms with Gasteiger partial charge in [-0.1, -0.05) is 13.2 Å². The predicted octanol–water partition coefficient (Wildman–Crippen LogP) is -0.0346. The van der Waals surface area contributed by atoms with Crippen LogP contribution in [0.1, 0.15) is 0 Å². The van der Waals surface area contributed by atoms with Gasteiger partial charge in [0.2, 0.25) is 11.6 Å². The molecule has 0 N–H and O–H groups in total. The summed E-state index contributed by atoms with van der Waals surface area (Å²) in [7, 11) is 0. The SMILES string of the molecule is C=C1C(=O)C(=O)C(=C)N1[O-]. The van der Waals surface area contributed by atoms with Crippen LogP contribution in [0.15, 0.2) is 24.6 Å². The van der Waals surface area contributed by atoms with Gasteiger partial charge in [-0.25, -0.2) is 0 Å². The van der Waals surface area contributed by atoms with Crippen LogP contribution >= 0.6 is 0 Å². The van der Waals surface area contributed by atoms with Crippen molar-refractivity contribution in [3.8, 4) is 0 Å². The minimum Gasteiger partial charge on any atom is -0.754 e. The third kappa shape index (κ3) is 0.593. The van der Waals surface area contributed by atoms with E-state index in [-0.39, 0.29) is 16.5 Å². The third-order valence-electron chi connectivity index (χ3n) is 1.22. The lowest BCUT2D eigenvalue weighted by molar-refractivity contribution is -0.130. The second-order valence-corrected chi connectivity index (χ2v) is 1.85. The smallest absolute Gasteiger partial charge is 0.249 e. The first-order chi connectivity index (χ1) is 4.55. The standard InChI is InChI=1S/C6H4NO3/c1-3-5(8)6(9)4(2)7(3)10/h1-2H2/q-1. The summed E-state index contributed by atoms with van der Waals surface area (Å²) in [6.45, 7) is 6.20. The number of hydrogen-bond donors (Lipinski definition) is 0. The molecule has 1 rings (SSSR count). The van der Waals surface area contributed by atoms with Crippen LogP contribution in [-0.4, -0.2) is 16.6 Å². The lowest BCUT2D eigenvalue weighted by Gasteiger charge is -2.23. The number of nitrogens with zero attached hydrogens (tertiary/aromatic N) is 1. The van der Waals surface area contributed by atoms with Crippen LogP contribution in [0.3, 0.4) is 0 Å². The zero-order valence-electron chi connectivity index (χ0n) is 5.09. The molecule has 4 nitrogen and oxygen atoms in total. The van der Waals surface area contributed by atoms with Crippen molar-refractivity contribution in [2.45, 2.75) is 0 Å². The van der Waals surface area contributed by atoms with Crippen LogP contribution < -0.4 is 0 Å². The molecule has 0 atom stereocenters. The molecule has 0 spiro atoms. The molecule has 4 heteroatoms. The summed E-state index contributed by atoms with van der Waals surface area (Å²) in [5.41, 5.74) is -0.704. The summed E-state index contributed by atoms with van der Waals surface area (Å²) in [5, 5.41) is 10.7. The van der Waals surface area contributed by atoms with Gasteiger partial charge in [-0.15, -0.1) is 0 Å². The molecular formula is C6H4NO3-. The molecule has 0 saturated carbocycles. The highest BCUT2D eigenvalue weighted by molar-refractivity contribution is 6.51. The van der Waals surface area contributed by atoms with Crippen molar-refractivity contribution in [3.63, 3.8) is 0 Å². The molecule has 0 aliphatic carbocycles. The van der Waals surface area contributed by atoms with Crippen molar-refractivity contribution >= 4 is 11.6 Å². The molecule has 0 aromatic heterocycles. The van der Waals surface area contributed by atoms with Gasteiger partial charge in [0.1, 0.15) is 0 Å². The zero-order valence-corrected chi connectivity index (χ0v) is 5.09. The average Bonchev–Trinajstić information content (AvgIpc) is 2.07. The Hall–Kier alpha value is -1.42. The van der Waals surface area contributed by atoms with Gasteiger partial charge < -0.3 is 10.3 Å². The lowest BCUT2D eigenvalue weighted by atomic mass is 10.2. The minimum absolute atomic E-state index is 0.144. The Kier molecular flexibility index (Phi) is 1.19. The van der Waals surface area contributed by atoms with Crippen LogP contribution in [0.2, 0.25) is 0 Å². The van der Waals surface area contributed by atoms with Crippen LogP contribution in [-0.2, 0) is 9.59 Å². The van der Waals surface area contributed by atoms with Crippen molar-refractivity contribution in [1.82, 2.24) is 5.06 Å². The molecule has 0 bridgehead atoms. The Morgan fingerprint density at radius 1 is 1.10 bits per heavy atom. The summed E-state index contributed by atoms with van der Waals surface area (Å²) in [5.74, 6) is -1.72. The molecule has 0 aromatic rings. The molecule has 0 aromatic carbocycles. The van der Waals surface area contributed by atoms with E-state index < -0.39 is 11.6 Å². The quantitative estimate of drug-likeness (QED) is 0.348. The molecule has 52 valence electrons. The Bertz CT molecular complexity index is 228. The van der Waals surface area contributed by atoms with Gasteiger partial charge in [-0.2, -0.15) is 0 Å². The van der Waals surface area contributed by atoms with E-state index in [0.717, 1.165) is 0 Å². The topological polar surface area (TPSA) is 60.4 Å². The maximum Gasteiger partial charge on any atom is 0.249 e. The molecule has 1 fully saturated rings. The highest BCUT2D eigenvalue weighted by Gasteiger charge is 2.30. The van der Waals surface area contributed by atoms with Gasteiger partial charge in [-0.3, -0.25) is 9.59 Å². The molecule has 1 saturated heterocycles. The maximum atomic E-state index is 10.6. The highest BCUT2D eigenvalue weighted by atomic mass is 16.5. The average molecular weight is 138 g/mol. The van der Waals surface area contributed by atoms with Gasteiger partial charge >= 0.3 is 0 Å². The summed E-state index contributed by atoms with van der Waals surface area (Å²) in [4.78, 5) is 21.1. The van der Waals surface area contributed by atoms with Crippen LogP contribution in [0.25, 0.3) is 0 Å². The molecule has 1 aliphatic rings. The Morgan fingerprint density at radius 3 is 1.50 bits per heavy atom. The number of carbonyl (C=O) groups is 2. The van der Waals surface area contributed by atoms with Crippen molar-refractivity contribution in [3.05, 3.63) is 29.8 Å². The number of allylic oxidation sites excluding steroid dienone is 2. The molecule has 1 heterocycles. The fourth-order valence-electron chi connectivity index (χ4n) is 0.609. The third-order valence-corrected chi connectivity index (χ3v) is 1.22. The van der Waals surface area contributed by atoms with Gasteiger partial charge in [-0.05, 0) is 0 Å². The molecule has 0 radical (unpaired) electrons. The Labute approximate surface area is 57.0 Å². The van der Waals surface area contributed by atoms with Crippen LogP contribution in [0.4, 0.5) is 0 Å². The zero-order chi connectivity index (χ0) is 7.89. The van der Waals surface area contributed by atoms with Crippen LogP contribution in [0.5, 0.6) is 0 Å². The van der Waals surface area contributed by atoms with Crippen molar-refractivity contribution < 1.29 is 9.59 Å². The van der Waals surface area contributed by atoms with E-state index in [9.17, 15) is 14.8 Å². The second kappa shape index (κ2) is 1.78. The first-order valence-corrected chi connectivity index (χ1v) is 2.50. The molecular weight excluding hydrogens is 134 g/mol. The van der Waals surface area contributed by atoms with Gasteiger partial charge in [0.15, 0.2) is 0 Å². The monoisotopic (exact) mass is 138 g/mol. The van der Waals surface area contributed by atoms with Gasteiger partial charge in [0.25, 0.3) is 0 Å². The summed E-state index contributed by atoms with van der Waals surface area (Å²) in [6.07, 6.45) is 0. The first kappa shape index (κ1) is 6.70. The van der Waals surface area contributed by atoms with E-state index in [4.69, 9.17) is 0 Å². The summed E-state index contributed by atoms with van der Waals surface area (Å²) < 4.78 is 0. The fourth-order valence-corrected chi connectivity index (χ4v) is 0.609. The number of Topliss-reactive ketones (excluding diaryl/α,β-unsaturated/α-hetero) is 2. The summed E-state index contributed by atoms with van der Waals surface area (Å²) >= 11 is 0. The number of carbonyl (C=O) groups excluding carboxylic acids is 2. The molecule has 0 unspecified atom stereocenters. The lowest BCUT2D eigenvalue weighted by Crippen LogP contribution is -2.06. The number of ketones is 2. The minimum atomic E-state index is -0.861. The molecule has 10 heavy (non-hydrogen) atoms. The number of rotatable bonds is 0. The fraction of sp³-hybridized carbons (Fsp3) is 0. The van der Waals surface area contributed by atoms with E-state index >= 15 is 0 Å². The largest absolute Gasteiger partial charge is 0.754 e. The Balaban J connectivity index is 3.12. The highest BCUT2D eigenvalue weighted by Crippen LogP contribution is 2.19. The van der Waals surface area contributed by atoms with Gasteiger partial charge in [0.05, 0.1) is 11.4 Å². The normalized spacial score (nSPS) is 19.1. The number of hydrogen-bond acceptors (Lipinski definition) is 4. The van der Waals surface area contributed by atoms with Crippen molar-refractivity contribution in [1.29, 1.82) is 0 Å². The van der Waals surface area contributed by atoms with E-state index in [1.165, 1.54) is 0 Å². The maximum absolute atomic E-state index is 10.6. The van der Waals surface area contributed by atoms with E-state index in [1.807, 2.05) is 0 Å². The molecule has 0 amide bonds.